The average molecular weight is 629 g/mol. The molecule has 0 fully saturated rings. The highest BCUT2D eigenvalue weighted by atomic mass is 19.1. The Morgan fingerprint density at radius 2 is 1.09 bits per heavy atom. The SMILES string of the molecule is N#Cc1cc(-c2cc(F)cc(F)c2)c2c(c1)cc1n2CCNC1=O.N#Cc1cc(-c2cccc(F)c2)c2c(c1)cc1n2CCNC1=O. The Bertz CT molecular complexity index is 2360. The zero-order valence-electron chi connectivity index (χ0n) is 24.6. The van der Waals surface area contributed by atoms with Crippen molar-refractivity contribution in [2.45, 2.75) is 13.1 Å². The number of hydrogen-bond donors (Lipinski definition) is 2. The number of carbonyl (C=O) groups excluding carboxylic acids is 2. The Morgan fingerprint density at radius 3 is 1.57 bits per heavy atom. The summed E-state index contributed by atoms with van der Waals surface area (Å²) in [6.45, 7) is 2.24. The summed E-state index contributed by atoms with van der Waals surface area (Å²) in [6.07, 6.45) is 0. The number of nitrogens with one attached hydrogen (secondary N) is 2. The lowest BCUT2D eigenvalue weighted by molar-refractivity contribution is 0.0921. The molecule has 0 spiro atoms. The standard InChI is InChI=1S/C18H11F2N3O.C18H12FN3O/c19-13-5-11(6-14(20)8-13)15-4-10(9-21)3-12-7-16-18(24)22-1-2-23(16)17(12)15;19-14-3-1-2-12(8-14)15-7-11(10-20)6-13-9-16-18(23)21-4-5-22(16)17(13)15/h3-8H,1-2H2,(H,22,24);1-3,6-9H,4-5H2,(H,21,23). The molecule has 2 aliphatic heterocycles. The molecule has 0 atom stereocenters. The largest absolute Gasteiger partial charge is 0.349 e. The Morgan fingerprint density at radius 1 is 0.596 bits per heavy atom. The zero-order valence-corrected chi connectivity index (χ0v) is 24.6. The van der Waals surface area contributed by atoms with Crippen molar-refractivity contribution in [2.24, 2.45) is 0 Å². The molecule has 230 valence electrons. The van der Waals surface area contributed by atoms with Crippen molar-refractivity contribution < 1.29 is 22.8 Å². The van der Waals surface area contributed by atoms with E-state index in [1.807, 2.05) is 15.2 Å². The summed E-state index contributed by atoms with van der Waals surface area (Å²) in [6, 6.07) is 24.0. The minimum atomic E-state index is -0.691. The fourth-order valence-electron chi connectivity index (χ4n) is 6.35. The van der Waals surface area contributed by atoms with Crippen LogP contribution in [0.4, 0.5) is 13.2 Å². The number of benzene rings is 4. The quantitative estimate of drug-likeness (QED) is 0.235. The molecule has 2 N–H and O–H groups in total. The smallest absolute Gasteiger partial charge is 0.268 e. The average Bonchev–Trinajstić information content (AvgIpc) is 3.64. The van der Waals surface area contributed by atoms with Gasteiger partial charge in [0.15, 0.2) is 0 Å². The van der Waals surface area contributed by atoms with Crippen LogP contribution >= 0.6 is 0 Å². The van der Waals surface area contributed by atoms with Gasteiger partial charge in [0.1, 0.15) is 28.8 Å². The Hall–Kier alpha value is -6.33. The molecule has 0 radical (unpaired) electrons. The molecule has 8 nitrogen and oxygen atoms in total. The van der Waals surface area contributed by atoms with E-state index in [2.05, 4.69) is 22.8 Å². The summed E-state index contributed by atoms with van der Waals surface area (Å²) in [5, 5.41) is 25.6. The van der Waals surface area contributed by atoms with Gasteiger partial charge in [0.05, 0.1) is 34.3 Å². The molecule has 0 saturated heterocycles. The highest BCUT2D eigenvalue weighted by Crippen LogP contribution is 2.35. The van der Waals surface area contributed by atoms with Gasteiger partial charge in [0, 0.05) is 54.1 Å². The molecule has 11 heteroatoms. The molecule has 4 heterocycles. The van der Waals surface area contributed by atoms with Crippen molar-refractivity contribution in [1.29, 1.82) is 10.5 Å². The molecule has 0 saturated carbocycles. The molecule has 2 aromatic heterocycles. The molecular weight excluding hydrogens is 605 g/mol. The third-order valence-corrected chi connectivity index (χ3v) is 8.26. The van der Waals surface area contributed by atoms with Gasteiger partial charge in [-0.3, -0.25) is 9.59 Å². The normalized spacial score (nSPS) is 13.5. The zero-order chi connectivity index (χ0) is 32.8. The number of halogens is 3. The van der Waals surface area contributed by atoms with Crippen LogP contribution < -0.4 is 10.6 Å². The Labute approximate surface area is 265 Å². The number of aromatic nitrogens is 2. The molecule has 47 heavy (non-hydrogen) atoms. The van der Waals surface area contributed by atoms with Gasteiger partial charge in [-0.2, -0.15) is 10.5 Å². The minimum Gasteiger partial charge on any atom is -0.349 e. The molecule has 0 unspecified atom stereocenters. The molecular formula is C36H23F3N6O2. The number of nitrogens with zero attached hydrogens (tertiary/aromatic N) is 4. The number of hydrogen-bond acceptors (Lipinski definition) is 4. The fraction of sp³-hybridized carbons (Fsp3) is 0.111. The topological polar surface area (TPSA) is 116 Å². The number of fused-ring (bicyclic) bond motifs is 6. The Balaban J connectivity index is 0.000000150. The van der Waals surface area contributed by atoms with Crippen LogP contribution in [0.15, 0.2) is 78.9 Å². The molecule has 4 aromatic carbocycles. The second kappa shape index (κ2) is 11.5. The van der Waals surface area contributed by atoms with E-state index in [-0.39, 0.29) is 17.6 Å². The van der Waals surface area contributed by atoms with E-state index >= 15 is 0 Å². The van der Waals surface area contributed by atoms with Crippen molar-refractivity contribution in [2.75, 3.05) is 13.1 Å². The number of amides is 2. The van der Waals surface area contributed by atoms with E-state index in [1.54, 1.807) is 42.5 Å². The molecule has 2 amide bonds. The maximum atomic E-state index is 13.6. The molecule has 6 aromatic rings. The van der Waals surface area contributed by atoms with E-state index < -0.39 is 11.6 Å². The maximum Gasteiger partial charge on any atom is 0.268 e. The lowest BCUT2D eigenvalue weighted by Gasteiger charge is -2.18. The third-order valence-electron chi connectivity index (χ3n) is 8.26. The summed E-state index contributed by atoms with van der Waals surface area (Å²) < 4.78 is 44.7. The predicted octanol–water partition coefficient (Wildman–Crippen LogP) is 6.26. The lowest BCUT2D eigenvalue weighted by Crippen LogP contribution is -2.34. The summed E-state index contributed by atoms with van der Waals surface area (Å²) >= 11 is 0. The van der Waals surface area contributed by atoms with Crippen molar-refractivity contribution >= 4 is 33.6 Å². The highest BCUT2D eigenvalue weighted by Gasteiger charge is 2.24. The second-order valence-corrected chi connectivity index (χ2v) is 11.2. The molecule has 2 aliphatic rings. The van der Waals surface area contributed by atoms with Crippen molar-refractivity contribution in [3.05, 3.63) is 119 Å². The van der Waals surface area contributed by atoms with Crippen LogP contribution in [0.25, 0.3) is 44.1 Å². The van der Waals surface area contributed by atoms with E-state index in [0.29, 0.717) is 76.3 Å². The van der Waals surface area contributed by atoms with Crippen LogP contribution in [0.2, 0.25) is 0 Å². The second-order valence-electron chi connectivity index (χ2n) is 11.2. The van der Waals surface area contributed by atoms with Gasteiger partial charge in [-0.25, -0.2) is 13.2 Å². The summed E-state index contributed by atoms with van der Waals surface area (Å²) in [7, 11) is 0. The first-order chi connectivity index (χ1) is 22.7. The molecule has 0 bridgehead atoms. The fourth-order valence-corrected chi connectivity index (χ4v) is 6.35. The number of rotatable bonds is 2. The molecule has 0 aliphatic carbocycles. The van der Waals surface area contributed by atoms with Gasteiger partial charge in [0.2, 0.25) is 0 Å². The van der Waals surface area contributed by atoms with E-state index in [0.717, 1.165) is 22.5 Å². The van der Waals surface area contributed by atoms with Gasteiger partial charge < -0.3 is 19.8 Å². The summed E-state index contributed by atoms with van der Waals surface area (Å²) in [5.74, 6) is -2.04. The van der Waals surface area contributed by atoms with E-state index in [4.69, 9.17) is 0 Å². The first-order valence-electron chi connectivity index (χ1n) is 14.7. The van der Waals surface area contributed by atoms with Gasteiger partial charge in [-0.05, 0) is 71.8 Å². The molecule has 8 rings (SSSR count). The van der Waals surface area contributed by atoms with Crippen LogP contribution in [0, 0.1) is 40.1 Å². The maximum absolute atomic E-state index is 13.6. The van der Waals surface area contributed by atoms with Gasteiger partial charge in [0.25, 0.3) is 11.8 Å². The van der Waals surface area contributed by atoms with Crippen LogP contribution in [0.3, 0.4) is 0 Å². The number of carbonyl (C=O) groups is 2. The minimum absolute atomic E-state index is 0.129. The van der Waals surface area contributed by atoms with Crippen molar-refractivity contribution in [1.82, 2.24) is 19.8 Å². The van der Waals surface area contributed by atoms with Crippen molar-refractivity contribution in [3.8, 4) is 34.4 Å². The van der Waals surface area contributed by atoms with Gasteiger partial charge in [-0.15, -0.1) is 0 Å². The first kappa shape index (κ1) is 29.4. The lowest BCUT2D eigenvalue weighted by atomic mass is 10.00. The van der Waals surface area contributed by atoms with E-state index in [1.165, 1.54) is 24.3 Å². The number of nitriles is 2. The van der Waals surface area contributed by atoms with Gasteiger partial charge in [-0.1, -0.05) is 12.1 Å². The monoisotopic (exact) mass is 628 g/mol. The van der Waals surface area contributed by atoms with E-state index in [9.17, 15) is 33.3 Å². The van der Waals surface area contributed by atoms with Crippen LogP contribution in [0.5, 0.6) is 0 Å². The summed E-state index contributed by atoms with van der Waals surface area (Å²) in [5.41, 5.74) is 5.78. The summed E-state index contributed by atoms with van der Waals surface area (Å²) in [4.78, 5) is 24.1. The highest BCUT2D eigenvalue weighted by molar-refractivity contribution is 6.05. The van der Waals surface area contributed by atoms with Crippen LogP contribution in [-0.4, -0.2) is 34.0 Å². The third kappa shape index (κ3) is 5.24. The first-order valence-corrected chi connectivity index (χ1v) is 14.7. The Kier molecular flexibility index (Phi) is 7.22. The van der Waals surface area contributed by atoms with Crippen LogP contribution in [-0.2, 0) is 13.1 Å². The van der Waals surface area contributed by atoms with Gasteiger partial charge >= 0.3 is 0 Å². The van der Waals surface area contributed by atoms with Crippen LogP contribution in [0.1, 0.15) is 32.1 Å². The predicted molar refractivity (Wildman–Crippen MR) is 169 cm³/mol. The van der Waals surface area contributed by atoms with Crippen molar-refractivity contribution in [3.63, 3.8) is 0 Å².